The van der Waals surface area contributed by atoms with Crippen molar-refractivity contribution in [2.75, 3.05) is 25.0 Å². The zero-order valence-corrected chi connectivity index (χ0v) is 15.9. The van der Waals surface area contributed by atoms with Crippen LogP contribution >= 0.6 is 0 Å². The highest BCUT2D eigenvalue weighted by atomic mass is 32.2. The second kappa shape index (κ2) is 6.79. The van der Waals surface area contributed by atoms with Gasteiger partial charge in [-0.1, -0.05) is 23.4 Å². The number of nitrogens with zero attached hydrogens (tertiary/aromatic N) is 4. The highest BCUT2D eigenvalue weighted by Gasteiger charge is 2.38. The molecule has 1 aliphatic rings. The molecule has 2 heterocycles. The standard InChI is InChI=1S/C19H20N4O3S/c1-14-20-19(21-26-14)15-8-10-16(11-9-15)22(2)17-12-23(13-17)27(24,25)18-6-4-3-5-7-18/h3-11,17H,12-13H2,1-2H3. The third-order valence-electron chi connectivity index (χ3n) is 4.82. The lowest BCUT2D eigenvalue weighted by molar-refractivity contribution is 0.259. The summed E-state index contributed by atoms with van der Waals surface area (Å²) in [5, 5.41) is 3.92. The van der Waals surface area contributed by atoms with E-state index in [0.717, 1.165) is 11.3 Å². The van der Waals surface area contributed by atoms with Gasteiger partial charge >= 0.3 is 0 Å². The number of hydrogen-bond acceptors (Lipinski definition) is 6. The van der Waals surface area contributed by atoms with E-state index in [9.17, 15) is 8.42 Å². The Bertz CT molecular complexity index is 1030. The van der Waals surface area contributed by atoms with E-state index in [2.05, 4.69) is 15.0 Å². The fourth-order valence-electron chi connectivity index (χ4n) is 3.07. The van der Waals surface area contributed by atoms with Gasteiger partial charge in [-0.05, 0) is 36.4 Å². The van der Waals surface area contributed by atoms with Gasteiger partial charge in [-0.25, -0.2) is 8.42 Å². The molecule has 0 radical (unpaired) electrons. The molecular weight excluding hydrogens is 364 g/mol. The summed E-state index contributed by atoms with van der Waals surface area (Å²) in [6.45, 7) is 2.70. The monoisotopic (exact) mass is 384 g/mol. The highest BCUT2D eigenvalue weighted by Crippen LogP contribution is 2.28. The van der Waals surface area contributed by atoms with Crippen LogP contribution in [0.25, 0.3) is 11.4 Å². The topological polar surface area (TPSA) is 79.5 Å². The molecule has 8 heteroatoms. The van der Waals surface area contributed by atoms with Gasteiger partial charge in [0.1, 0.15) is 0 Å². The zero-order valence-electron chi connectivity index (χ0n) is 15.1. The van der Waals surface area contributed by atoms with E-state index in [4.69, 9.17) is 4.52 Å². The maximum Gasteiger partial charge on any atom is 0.243 e. The molecule has 27 heavy (non-hydrogen) atoms. The molecule has 140 valence electrons. The molecule has 2 aromatic carbocycles. The van der Waals surface area contributed by atoms with Crippen LogP contribution < -0.4 is 4.90 Å². The molecule has 1 fully saturated rings. The molecular formula is C19H20N4O3S. The van der Waals surface area contributed by atoms with Gasteiger partial charge in [0.15, 0.2) is 0 Å². The molecule has 0 atom stereocenters. The maximum atomic E-state index is 12.6. The third-order valence-corrected chi connectivity index (χ3v) is 6.66. The number of likely N-dealkylation sites (N-methyl/N-ethyl adjacent to an activating group) is 1. The average molecular weight is 384 g/mol. The Kier molecular flexibility index (Phi) is 4.45. The van der Waals surface area contributed by atoms with Crippen LogP contribution in [0, 0.1) is 6.92 Å². The molecule has 1 aromatic heterocycles. The summed E-state index contributed by atoms with van der Waals surface area (Å²) >= 11 is 0. The predicted octanol–water partition coefficient (Wildman–Crippen LogP) is 2.55. The first-order valence-electron chi connectivity index (χ1n) is 8.64. The van der Waals surface area contributed by atoms with Crippen LogP contribution in [0.5, 0.6) is 0 Å². The minimum Gasteiger partial charge on any atom is -0.369 e. The van der Waals surface area contributed by atoms with Crippen molar-refractivity contribution in [1.29, 1.82) is 0 Å². The summed E-state index contributed by atoms with van der Waals surface area (Å²) in [7, 11) is -1.43. The molecule has 7 nitrogen and oxygen atoms in total. The Morgan fingerprint density at radius 3 is 2.33 bits per heavy atom. The molecule has 0 spiro atoms. The Balaban J connectivity index is 1.42. The molecule has 0 N–H and O–H groups in total. The fourth-order valence-corrected chi connectivity index (χ4v) is 4.61. The van der Waals surface area contributed by atoms with Crippen LogP contribution in [0.2, 0.25) is 0 Å². The van der Waals surface area contributed by atoms with Gasteiger partial charge in [0.25, 0.3) is 0 Å². The van der Waals surface area contributed by atoms with Crippen molar-refractivity contribution in [2.45, 2.75) is 17.9 Å². The van der Waals surface area contributed by atoms with Crippen molar-refractivity contribution in [3.63, 3.8) is 0 Å². The number of hydrogen-bond donors (Lipinski definition) is 0. The van der Waals surface area contributed by atoms with E-state index >= 15 is 0 Å². The molecule has 0 bridgehead atoms. The molecule has 0 amide bonds. The number of anilines is 1. The summed E-state index contributed by atoms with van der Waals surface area (Å²) in [5.41, 5.74) is 1.90. The Morgan fingerprint density at radius 2 is 1.74 bits per heavy atom. The highest BCUT2D eigenvalue weighted by molar-refractivity contribution is 7.89. The van der Waals surface area contributed by atoms with Gasteiger partial charge in [-0.15, -0.1) is 0 Å². The second-order valence-electron chi connectivity index (χ2n) is 6.58. The third kappa shape index (κ3) is 3.33. The Labute approximate surface area is 158 Å². The Morgan fingerprint density at radius 1 is 1.07 bits per heavy atom. The lowest BCUT2D eigenvalue weighted by atomic mass is 10.1. The molecule has 0 unspecified atom stereocenters. The summed E-state index contributed by atoms with van der Waals surface area (Å²) in [6.07, 6.45) is 0. The lowest BCUT2D eigenvalue weighted by Crippen LogP contribution is -2.60. The number of sulfonamides is 1. The number of benzene rings is 2. The predicted molar refractivity (Wildman–Crippen MR) is 102 cm³/mol. The Hall–Kier alpha value is -2.71. The van der Waals surface area contributed by atoms with Gasteiger partial charge in [0, 0.05) is 38.3 Å². The zero-order chi connectivity index (χ0) is 19.0. The first-order chi connectivity index (χ1) is 12.9. The largest absolute Gasteiger partial charge is 0.369 e. The summed E-state index contributed by atoms with van der Waals surface area (Å²) in [6, 6.07) is 16.5. The molecule has 0 aliphatic carbocycles. The van der Waals surface area contributed by atoms with Gasteiger partial charge in [-0.3, -0.25) is 0 Å². The lowest BCUT2D eigenvalue weighted by Gasteiger charge is -2.43. The average Bonchev–Trinajstić information content (AvgIpc) is 3.07. The first kappa shape index (κ1) is 17.7. The maximum absolute atomic E-state index is 12.6. The molecule has 0 saturated carbocycles. The van der Waals surface area contributed by atoms with Crippen LogP contribution in [0.15, 0.2) is 64.0 Å². The van der Waals surface area contributed by atoms with Gasteiger partial charge in [-0.2, -0.15) is 9.29 Å². The van der Waals surface area contributed by atoms with Crippen LogP contribution in [-0.2, 0) is 10.0 Å². The minimum absolute atomic E-state index is 0.141. The van der Waals surface area contributed by atoms with E-state index in [1.165, 1.54) is 4.31 Å². The first-order valence-corrected chi connectivity index (χ1v) is 10.1. The van der Waals surface area contributed by atoms with E-state index in [-0.39, 0.29) is 6.04 Å². The molecule has 1 saturated heterocycles. The van der Waals surface area contributed by atoms with Gasteiger partial charge in [0.05, 0.1) is 10.9 Å². The van der Waals surface area contributed by atoms with Crippen molar-refractivity contribution in [1.82, 2.24) is 14.4 Å². The van der Waals surface area contributed by atoms with E-state index in [1.54, 1.807) is 31.2 Å². The van der Waals surface area contributed by atoms with Crippen molar-refractivity contribution in [3.05, 3.63) is 60.5 Å². The van der Waals surface area contributed by atoms with Crippen LogP contribution in [0.1, 0.15) is 5.89 Å². The smallest absolute Gasteiger partial charge is 0.243 e. The van der Waals surface area contributed by atoms with Crippen molar-refractivity contribution < 1.29 is 12.9 Å². The quantitative estimate of drug-likeness (QED) is 0.673. The number of aromatic nitrogens is 2. The van der Waals surface area contributed by atoms with E-state index < -0.39 is 10.0 Å². The van der Waals surface area contributed by atoms with Crippen LogP contribution in [-0.4, -0.2) is 49.0 Å². The van der Waals surface area contributed by atoms with E-state index in [0.29, 0.717) is 29.7 Å². The summed E-state index contributed by atoms with van der Waals surface area (Å²) < 4.78 is 31.7. The minimum atomic E-state index is -3.41. The number of aryl methyl sites for hydroxylation is 1. The van der Waals surface area contributed by atoms with Crippen molar-refractivity contribution >= 4 is 15.7 Å². The van der Waals surface area contributed by atoms with Gasteiger partial charge in [0.2, 0.25) is 21.7 Å². The van der Waals surface area contributed by atoms with Gasteiger partial charge < -0.3 is 9.42 Å². The fraction of sp³-hybridized carbons (Fsp3) is 0.263. The van der Waals surface area contributed by atoms with Crippen LogP contribution in [0.3, 0.4) is 0 Å². The molecule has 4 rings (SSSR count). The number of rotatable bonds is 5. The summed E-state index contributed by atoms with van der Waals surface area (Å²) in [4.78, 5) is 6.66. The molecule has 1 aliphatic heterocycles. The summed E-state index contributed by atoms with van der Waals surface area (Å²) in [5.74, 6) is 1.09. The van der Waals surface area contributed by atoms with E-state index in [1.807, 2.05) is 37.4 Å². The second-order valence-corrected chi connectivity index (χ2v) is 8.52. The normalized spacial score (nSPS) is 15.5. The van der Waals surface area contributed by atoms with Crippen molar-refractivity contribution in [3.8, 4) is 11.4 Å². The SMILES string of the molecule is Cc1nc(-c2ccc(N(C)C3CN(S(=O)(=O)c4ccccc4)C3)cc2)no1. The van der Waals surface area contributed by atoms with Crippen molar-refractivity contribution in [2.24, 2.45) is 0 Å². The molecule has 3 aromatic rings. The van der Waals surface area contributed by atoms with Crippen LogP contribution in [0.4, 0.5) is 5.69 Å².